The minimum Gasteiger partial charge on any atom is -0.374 e. The van der Waals surface area contributed by atoms with E-state index in [9.17, 15) is 0 Å². The van der Waals surface area contributed by atoms with Gasteiger partial charge in [-0.25, -0.2) is 0 Å². The fourth-order valence-corrected chi connectivity index (χ4v) is 3.54. The summed E-state index contributed by atoms with van der Waals surface area (Å²) in [6, 6.07) is 10.1. The third-order valence-corrected chi connectivity index (χ3v) is 4.89. The normalized spacial score (nSPS) is 28.0. The molecule has 0 bridgehead atoms. The Labute approximate surface area is 122 Å². The molecule has 1 saturated carbocycles. The van der Waals surface area contributed by atoms with E-state index in [1.54, 1.807) is 0 Å². The molecule has 2 fully saturated rings. The lowest BCUT2D eigenvalue weighted by molar-refractivity contribution is -0.00867. The highest BCUT2D eigenvalue weighted by atomic mass is 16.5. The number of morpholine rings is 1. The number of nitrogens with zero attached hydrogens (tertiary/aromatic N) is 1. The molecule has 3 heteroatoms. The molecule has 1 aromatic rings. The number of benzene rings is 1. The molecule has 2 aliphatic rings. The van der Waals surface area contributed by atoms with Gasteiger partial charge in [0.2, 0.25) is 0 Å². The molecular formula is C17H26N2O. The molecule has 0 aromatic heterocycles. The highest BCUT2D eigenvalue weighted by molar-refractivity contribution is 5.49. The molecule has 20 heavy (non-hydrogen) atoms. The third-order valence-electron chi connectivity index (χ3n) is 4.89. The van der Waals surface area contributed by atoms with E-state index in [0.29, 0.717) is 18.2 Å². The van der Waals surface area contributed by atoms with Gasteiger partial charge in [0, 0.05) is 18.3 Å². The Balaban J connectivity index is 1.77. The van der Waals surface area contributed by atoms with Gasteiger partial charge < -0.3 is 15.0 Å². The van der Waals surface area contributed by atoms with E-state index in [1.165, 1.54) is 36.9 Å². The van der Waals surface area contributed by atoms with Crippen LogP contribution in [0.3, 0.4) is 0 Å². The van der Waals surface area contributed by atoms with E-state index >= 15 is 0 Å². The van der Waals surface area contributed by atoms with Gasteiger partial charge in [0.1, 0.15) is 0 Å². The van der Waals surface area contributed by atoms with Gasteiger partial charge in [0.15, 0.2) is 0 Å². The molecule has 0 radical (unpaired) electrons. The minimum absolute atomic E-state index is 0.413. The van der Waals surface area contributed by atoms with Crippen molar-refractivity contribution in [3.63, 3.8) is 0 Å². The maximum Gasteiger partial charge on any atom is 0.0779 e. The highest BCUT2D eigenvalue weighted by Gasteiger charge is 2.34. The Morgan fingerprint density at radius 2 is 1.95 bits per heavy atom. The Hall–Kier alpha value is -1.06. The van der Waals surface area contributed by atoms with Crippen molar-refractivity contribution in [1.82, 2.24) is 5.32 Å². The molecule has 3 nitrogen and oxygen atoms in total. The van der Waals surface area contributed by atoms with Crippen LogP contribution < -0.4 is 10.2 Å². The van der Waals surface area contributed by atoms with Crippen molar-refractivity contribution in [2.75, 3.05) is 25.1 Å². The van der Waals surface area contributed by atoms with Crippen LogP contribution in [-0.2, 0) is 4.74 Å². The molecule has 3 rings (SSSR count). The van der Waals surface area contributed by atoms with Gasteiger partial charge in [-0.15, -0.1) is 0 Å². The van der Waals surface area contributed by atoms with E-state index in [4.69, 9.17) is 4.74 Å². The van der Waals surface area contributed by atoms with Gasteiger partial charge in [0.25, 0.3) is 0 Å². The number of hydrogen-bond donors (Lipinski definition) is 1. The lowest BCUT2D eigenvalue weighted by atomic mass is 9.89. The second-order valence-corrected chi connectivity index (χ2v) is 6.06. The van der Waals surface area contributed by atoms with Crippen LogP contribution in [-0.4, -0.2) is 32.3 Å². The number of rotatable bonds is 3. The summed E-state index contributed by atoms with van der Waals surface area (Å²) in [7, 11) is 2.01. The Morgan fingerprint density at radius 1 is 1.20 bits per heavy atom. The molecule has 0 amide bonds. The maximum atomic E-state index is 5.96. The summed E-state index contributed by atoms with van der Waals surface area (Å²) < 4.78 is 5.96. The lowest BCUT2D eigenvalue weighted by Gasteiger charge is -2.45. The molecule has 110 valence electrons. The predicted molar refractivity (Wildman–Crippen MR) is 83.3 cm³/mol. The second-order valence-electron chi connectivity index (χ2n) is 6.06. The average molecular weight is 274 g/mol. The molecule has 1 aliphatic heterocycles. The van der Waals surface area contributed by atoms with Crippen molar-refractivity contribution in [2.45, 2.75) is 50.8 Å². The molecule has 1 aromatic carbocycles. The summed E-state index contributed by atoms with van der Waals surface area (Å²) in [5.41, 5.74) is 2.71. The van der Waals surface area contributed by atoms with Crippen molar-refractivity contribution in [3.8, 4) is 0 Å². The maximum absolute atomic E-state index is 5.96. The highest BCUT2D eigenvalue weighted by Crippen LogP contribution is 2.32. The van der Waals surface area contributed by atoms with Crippen molar-refractivity contribution < 1.29 is 4.74 Å². The molecule has 1 heterocycles. The molecule has 1 aliphatic carbocycles. The first-order valence-corrected chi connectivity index (χ1v) is 7.95. The number of fused-ring (bicyclic) bond motifs is 1. The van der Waals surface area contributed by atoms with Gasteiger partial charge in [0.05, 0.1) is 18.8 Å². The Kier molecular flexibility index (Phi) is 4.27. The number of nitrogens with one attached hydrogen (secondary N) is 1. The number of ether oxygens (including phenoxy) is 1. The summed E-state index contributed by atoms with van der Waals surface area (Å²) in [5.74, 6) is 0. The molecule has 1 N–H and O–H groups in total. The van der Waals surface area contributed by atoms with Crippen LogP contribution in [0.1, 0.15) is 44.2 Å². The summed E-state index contributed by atoms with van der Waals surface area (Å²) in [6.45, 7) is 4.10. The molecule has 0 spiro atoms. The zero-order valence-corrected chi connectivity index (χ0v) is 12.6. The van der Waals surface area contributed by atoms with E-state index in [2.05, 4.69) is 41.4 Å². The average Bonchev–Trinajstić information content (AvgIpc) is 2.54. The summed E-state index contributed by atoms with van der Waals surface area (Å²) >= 11 is 0. The quantitative estimate of drug-likeness (QED) is 0.916. The number of hydrogen-bond acceptors (Lipinski definition) is 3. The van der Waals surface area contributed by atoms with Gasteiger partial charge >= 0.3 is 0 Å². The largest absolute Gasteiger partial charge is 0.374 e. The van der Waals surface area contributed by atoms with Gasteiger partial charge in [-0.3, -0.25) is 0 Å². The smallest absolute Gasteiger partial charge is 0.0779 e. The van der Waals surface area contributed by atoms with E-state index in [-0.39, 0.29) is 0 Å². The monoisotopic (exact) mass is 274 g/mol. The van der Waals surface area contributed by atoms with Gasteiger partial charge in [-0.2, -0.15) is 0 Å². The molecule has 3 atom stereocenters. The summed E-state index contributed by atoms with van der Waals surface area (Å²) in [4.78, 5) is 2.57. The number of anilines is 1. The van der Waals surface area contributed by atoms with Crippen LogP contribution in [0.2, 0.25) is 0 Å². The third kappa shape index (κ3) is 2.70. The fourth-order valence-electron chi connectivity index (χ4n) is 3.54. The van der Waals surface area contributed by atoms with Crippen molar-refractivity contribution in [2.24, 2.45) is 0 Å². The summed E-state index contributed by atoms with van der Waals surface area (Å²) in [5, 5.41) is 3.29. The molecular weight excluding hydrogens is 248 g/mol. The van der Waals surface area contributed by atoms with Crippen LogP contribution in [0, 0.1) is 0 Å². The lowest BCUT2D eigenvalue weighted by Crippen LogP contribution is -2.52. The van der Waals surface area contributed by atoms with E-state index in [1.807, 2.05) is 7.05 Å². The SMILES string of the molecule is CNC(C)c1ccc(N2CCOC3CCCCC32)cc1. The molecule has 1 saturated heterocycles. The standard InChI is InChI=1S/C17H26N2O/c1-13(18-2)14-7-9-15(10-8-14)19-11-12-20-17-6-4-3-5-16(17)19/h7-10,13,16-18H,3-6,11-12H2,1-2H3. The molecule has 3 unspecified atom stereocenters. The van der Waals surface area contributed by atoms with Crippen LogP contribution in [0.5, 0.6) is 0 Å². The Bertz CT molecular complexity index is 429. The summed E-state index contributed by atoms with van der Waals surface area (Å²) in [6.07, 6.45) is 5.63. The minimum atomic E-state index is 0.413. The zero-order chi connectivity index (χ0) is 13.9. The van der Waals surface area contributed by atoms with Crippen LogP contribution in [0.25, 0.3) is 0 Å². The van der Waals surface area contributed by atoms with Crippen molar-refractivity contribution in [1.29, 1.82) is 0 Å². The van der Waals surface area contributed by atoms with Crippen LogP contribution in [0.15, 0.2) is 24.3 Å². The topological polar surface area (TPSA) is 24.5 Å². The zero-order valence-electron chi connectivity index (χ0n) is 12.6. The second kappa shape index (κ2) is 6.15. The van der Waals surface area contributed by atoms with Crippen molar-refractivity contribution in [3.05, 3.63) is 29.8 Å². The van der Waals surface area contributed by atoms with Crippen molar-refractivity contribution >= 4 is 5.69 Å². The van der Waals surface area contributed by atoms with Crippen LogP contribution in [0.4, 0.5) is 5.69 Å². The van der Waals surface area contributed by atoms with Crippen LogP contribution >= 0.6 is 0 Å². The van der Waals surface area contributed by atoms with Gasteiger partial charge in [-0.1, -0.05) is 25.0 Å². The fraction of sp³-hybridized carbons (Fsp3) is 0.647. The first-order valence-electron chi connectivity index (χ1n) is 7.95. The van der Waals surface area contributed by atoms with E-state index < -0.39 is 0 Å². The Morgan fingerprint density at radius 3 is 2.70 bits per heavy atom. The van der Waals surface area contributed by atoms with E-state index in [0.717, 1.165) is 13.2 Å². The van der Waals surface area contributed by atoms with Gasteiger partial charge in [-0.05, 0) is 44.5 Å². The first-order chi connectivity index (χ1) is 9.79. The first kappa shape index (κ1) is 13.9. The predicted octanol–water partition coefficient (Wildman–Crippen LogP) is 3.11.